The van der Waals surface area contributed by atoms with Gasteiger partial charge in [-0.05, 0) is 17.5 Å². The molecule has 2 N–H and O–H groups in total. The van der Waals surface area contributed by atoms with Crippen LogP contribution in [0.5, 0.6) is 0 Å². The number of hydrogen-bond acceptors (Lipinski definition) is 4. The number of carbonyl (C=O) groups is 2. The lowest BCUT2D eigenvalue weighted by atomic mass is 9.96. The average Bonchev–Trinajstić information content (AvgIpc) is 2.98. The summed E-state index contributed by atoms with van der Waals surface area (Å²) in [7, 11) is 0. The Balaban J connectivity index is 1.86. The van der Waals surface area contributed by atoms with Gasteiger partial charge in [0.2, 0.25) is 11.9 Å². The van der Waals surface area contributed by atoms with E-state index in [0.29, 0.717) is 31.0 Å². The van der Waals surface area contributed by atoms with E-state index in [1.807, 2.05) is 0 Å². The highest BCUT2D eigenvalue weighted by Crippen LogP contribution is 2.22. The maximum Gasteiger partial charge on any atom is 0.259 e. The molecule has 0 bridgehead atoms. The molecule has 7 heteroatoms. The second-order valence-corrected chi connectivity index (χ2v) is 4.91. The molecular formula is C14H15N5O2. The summed E-state index contributed by atoms with van der Waals surface area (Å²) in [6, 6.07) is 0. The van der Waals surface area contributed by atoms with Gasteiger partial charge in [0.15, 0.2) is 0 Å². The predicted molar refractivity (Wildman–Crippen MR) is 75.6 cm³/mol. The van der Waals surface area contributed by atoms with E-state index < -0.39 is 0 Å². The minimum atomic E-state index is -0.245. The third-order valence-corrected chi connectivity index (χ3v) is 3.56. The second-order valence-electron chi connectivity index (χ2n) is 4.91. The minimum Gasteiger partial charge on any atom is -0.338 e. The normalized spacial score (nSPS) is 13.7. The molecule has 0 saturated carbocycles. The van der Waals surface area contributed by atoms with Crippen molar-refractivity contribution in [1.82, 2.24) is 19.9 Å². The van der Waals surface area contributed by atoms with E-state index in [1.54, 1.807) is 36.6 Å². The van der Waals surface area contributed by atoms with Crippen molar-refractivity contribution >= 4 is 17.8 Å². The SMILES string of the molecule is CC(=O)N1CCc2c(cncc2C(=O)Nc2ncc[nH]2)C1. The van der Waals surface area contributed by atoms with Crippen molar-refractivity contribution in [2.45, 2.75) is 19.9 Å². The van der Waals surface area contributed by atoms with E-state index in [2.05, 4.69) is 20.3 Å². The highest BCUT2D eigenvalue weighted by atomic mass is 16.2. The van der Waals surface area contributed by atoms with Gasteiger partial charge in [0.25, 0.3) is 5.91 Å². The zero-order chi connectivity index (χ0) is 14.8. The molecule has 2 amide bonds. The summed E-state index contributed by atoms with van der Waals surface area (Å²) >= 11 is 0. The van der Waals surface area contributed by atoms with Crippen LogP contribution in [0.2, 0.25) is 0 Å². The van der Waals surface area contributed by atoms with E-state index in [-0.39, 0.29) is 11.8 Å². The molecule has 0 spiro atoms. The summed E-state index contributed by atoms with van der Waals surface area (Å²) in [6.45, 7) is 2.67. The van der Waals surface area contributed by atoms with Crippen molar-refractivity contribution in [3.05, 3.63) is 41.5 Å². The molecule has 21 heavy (non-hydrogen) atoms. The van der Waals surface area contributed by atoms with Crippen molar-refractivity contribution in [2.24, 2.45) is 0 Å². The fourth-order valence-corrected chi connectivity index (χ4v) is 2.47. The van der Waals surface area contributed by atoms with Crippen molar-refractivity contribution in [3.63, 3.8) is 0 Å². The van der Waals surface area contributed by atoms with E-state index in [0.717, 1.165) is 11.1 Å². The molecule has 0 fully saturated rings. The molecule has 7 nitrogen and oxygen atoms in total. The quantitative estimate of drug-likeness (QED) is 0.860. The number of imidazole rings is 1. The highest BCUT2D eigenvalue weighted by Gasteiger charge is 2.23. The first-order valence-electron chi connectivity index (χ1n) is 6.67. The average molecular weight is 285 g/mol. The number of pyridine rings is 1. The topological polar surface area (TPSA) is 91.0 Å². The first kappa shape index (κ1) is 13.3. The number of amides is 2. The van der Waals surface area contributed by atoms with Crippen molar-refractivity contribution in [1.29, 1.82) is 0 Å². The molecule has 0 radical (unpaired) electrons. The van der Waals surface area contributed by atoms with Gasteiger partial charge in [-0.3, -0.25) is 19.9 Å². The Hall–Kier alpha value is -2.70. The number of aromatic amines is 1. The van der Waals surface area contributed by atoms with Gasteiger partial charge in [-0.2, -0.15) is 0 Å². The first-order valence-corrected chi connectivity index (χ1v) is 6.67. The van der Waals surface area contributed by atoms with Gasteiger partial charge in [-0.15, -0.1) is 0 Å². The predicted octanol–water partition coefficient (Wildman–Crippen LogP) is 0.962. The summed E-state index contributed by atoms with van der Waals surface area (Å²) in [5.74, 6) is 0.190. The fourth-order valence-electron chi connectivity index (χ4n) is 2.47. The highest BCUT2D eigenvalue weighted by molar-refractivity contribution is 6.04. The van der Waals surface area contributed by atoms with Gasteiger partial charge in [0.1, 0.15) is 0 Å². The Morgan fingerprint density at radius 2 is 2.24 bits per heavy atom. The number of nitrogens with one attached hydrogen (secondary N) is 2. The number of hydrogen-bond donors (Lipinski definition) is 2. The van der Waals surface area contributed by atoms with Crippen LogP contribution in [0.4, 0.5) is 5.95 Å². The van der Waals surface area contributed by atoms with Gasteiger partial charge in [-0.1, -0.05) is 0 Å². The lowest BCUT2D eigenvalue weighted by Gasteiger charge is -2.28. The van der Waals surface area contributed by atoms with Crippen molar-refractivity contribution < 1.29 is 9.59 Å². The Kier molecular flexibility index (Phi) is 3.39. The summed E-state index contributed by atoms with van der Waals surface area (Å²) < 4.78 is 0. The standard InChI is InChI=1S/C14H15N5O2/c1-9(20)19-5-2-11-10(8-19)6-15-7-12(11)13(21)18-14-16-3-4-17-14/h3-4,6-7H,2,5,8H2,1H3,(H2,16,17,18,21). The van der Waals surface area contributed by atoms with Gasteiger partial charge >= 0.3 is 0 Å². The van der Waals surface area contributed by atoms with Crippen molar-refractivity contribution in [2.75, 3.05) is 11.9 Å². The van der Waals surface area contributed by atoms with Gasteiger partial charge in [-0.25, -0.2) is 4.98 Å². The second kappa shape index (κ2) is 5.35. The van der Waals surface area contributed by atoms with E-state index >= 15 is 0 Å². The molecule has 0 aromatic carbocycles. The van der Waals surface area contributed by atoms with Crippen LogP contribution < -0.4 is 5.32 Å². The molecule has 0 saturated heterocycles. The van der Waals surface area contributed by atoms with Gasteiger partial charge < -0.3 is 9.88 Å². The molecule has 2 aromatic rings. The number of aromatic nitrogens is 3. The monoisotopic (exact) mass is 285 g/mol. The molecular weight excluding hydrogens is 270 g/mol. The Bertz CT molecular complexity index is 681. The zero-order valence-electron chi connectivity index (χ0n) is 11.6. The molecule has 108 valence electrons. The lowest BCUT2D eigenvalue weighted by molar-refractivity contribution is -0.129. The van der Waals surface area contributed by atoms with Crippen LogP contribution >= 0.6 is 0 Å². The Labute approximate surface area is 121 Å². The number of rotatable bonds is 2. The molecule has 0 unspecified atom stereocenters. The fraction of sp³-hybridized carbons (Fsp3) is 0.286. The lowest BCUT2D eigenvalue weighted by Crippen LogP contribution is -2.35. The zero-order valence-corrected chi connectivity index (χ0v) is 11.6. The van der Waals surface area contributed by atoms with E-state index in [1.165, 1.54) is 0 Å². The van der Waals surface area contributed by atoms with Crippen LogP contribution in [0.3, 0.4) is 0 Å². The maximum absolute atomic E-state index is 12.3. The molecule has 1 aliphatic heterocycles. The minimum absolute atomic E-state index is 0.0334. The summed E-state index contributed by atoms with van der Waals surface area (Å²) in [6.07, 6.45) is 7.13. The van der Waals surface area contributed by atoms with Gasteiger partial charge in [0, 0.05) is 44.8 Å². The van der Waals surface area contributed by atoms with Gasteiger partial charge in [0.05, 0.1) is 5.56 Å². The number of anilines is 1. The third-order valence-electron chi connectivity index (χ3n) is 3.56. The third kappa shape index (κ3) is 2.62. The van der Waals surface area contributed by atoms with Crippen LogP contribution in [0.1, 0.15) is 28.4 Å². The summed E-state index contributed by atoms with van der Waals surface area (Å²) in [5, 5.41) is 2.70. The van der Waals surface area contributed by atoms with E-state index in [9.17, 15) is 9.59 Å². The molecule has 1 aliphatic rings. The number of H-pyrrole nitrogens is 1. The molecule has 0 aliphatic carbocycles. The summed E-state index contributed by atoms with van der Waals surface area (Å²) in [4.78, 5) is 36.4. The smallest absolute Gasteiger partial charge is 0.259 e. The molecule has 3 rings (SSSR count). The van der Waals surface area contributed by atoms with Crippen LogP contribution in [-0.2, 0) is 17.8 Å². The number of carbonyl (C=O) groups excluding carboxylic acids is 2. The molecule has 2 aromatic heterocycles. The van der Waals surface area contributed by atoms with Crippen LogP contribution in [0.15, 0.2) is 24.8 Å². The maximum atomic E-state index is 12.3. The largest absolute Gasteiger partial charge is 0.338 e. The van der Waals surface area contributed by atoms with Crippen LogP contribution in [-0.4, -0.2) is 38.2 Å². The van der Waals surface area contributed by atoms with Crippen LogP contribution in [0, 0.1) is 0 Å². The summed E-state index contributed by atoms with van der Waals surface area (Å²) in [5.41, 5.74) is 2.40. The van der Waals surface area contributed by atoms with E-state index in [4.69, 9.17) is 0 Å². The van der Waals surface area contributed by atoms with Crippen molar-refractivity contribution in [3.8, 4) is 0 Å². The number of nitrogens with zero attached hydrogens (tertiary/aromatic N) is 3. The Morgan fingerprint density at radius 3 is 2.95 bits per heavy atom. The molecule has 3 heterocycles. The molecule has 0 atom stereocenters. The Morgan fingerprint density at radius 1 is 1.38 bits per heavy atom. The van der Waals surface area contributed by atoms with Crippen LogP contribution in [0.25, 0.3) is 0 Å². The number of fused-ring (bicyclic) bond motifs is 1. The first-order chi connectivity index (χ1) is 10.1.